The van der Waals surface area contributed by atoms with Crippen LogP contribution < -0.4 is 10.1 Å². The molecule has 0 aliphatic heterocycles. The quantitative estimate of drug-likeness (QED) is 0.452. The molecule has 1 heterocycles. The predicted molar refractivity (Wildman–Crippen MR) is 120 cm³/mol. The number of hydrogen-bond acceptors (Lipinski definition) is 4. The summed E-state index contributed by atoms with van der Waals surface area (Å²) >= 11 is 0. The van der Waals surface area contributed by atoms with Gasteiger partial charge in [0.25, 0.3) is 0 Å². The van der Waals surface area contributed by atoms with Gasteiger partial charge in [-0.3, -0.25) is 0 Å². The molecule has 1 aliphatic rings. The van der Waals surface area contributed by atoms with Gasteiger partial charge in [-0.25, -0.2) is 0 Å². The van der Waals surface area contributed by atoms with Crippen molar-refractivity contribution in [2.75, 3.05) is 19.5 Å². The molecule has 3 aromatic carbocycles. The van der Waals surface area contributed by atoms with Crippen LogP contribution in [0.2, 0.25) is 0 Å². The third kappa shape index (κ3) is 3.13. The first-order valence-electron chi connectivity index (χ1n) is 10.5. The monoisotopic (exact) mass is 398 g/mol. The van der Waals surface area contributed by atoms with E-state index in [4.69, 9.17) is 9.26 Å². The molecule has 0 saturated carbocycles. The van der Waals surface area contributed by atoms with E-state index in [1.54, 1.807) is 13.4 Å². The summed E-state index contributed by atoms with van der Waals surface area (Å²) in [4.78, 5) is 0. The number of benzene rings is 3. The largest absolute Gasteiger partial charge is 0.496 e. The lowest BCUT2D eigenvalue weighted by Gasteiger charge is -2.33. The van der Waals surface area contributed by atoms with Crippen LogP contribution in [0.4, 0.5) is 5.69 Å². The fraction of sp³-hybridized carbons (Fsp3) is 0.269. The number of rotatable bonds is 5. The zero-order chi connectivity index (χ0) is 20.5. The summed E-state index contributed by atoms with van der Waals surface area (Å²) in [6.07, 6.45) is 4.71. The van der Waals surface area contributed by atoms with Crippen LogP contribution in [-0.2, 0) is 12.8 Å². The van der Waals surface area contributed by atoms with Crippen LogP contribution in [0.5, 0.6) is 5.75 Å². The maximum Gasteiger partial charge on any atom is 0.147 e. The van der Waals surface area contributed by atoms with Crippen molar-refractivity contribution < 1.29 is 9.26 Å². The zero-order valence-corrected chi connectivity index (χ0v) is 17.4. The zero-order valence-electron chi connectivity index (χ0n) is 17.4. The number of fused-ring (bicyclic) bond motifs is 2. The standard InChI is InChI=1S/C26H26N2O2/c1-27-24-16-30-28-26(24)21-13-11-17-7-3-5-9-19(17)22(21)15-23-20-10-6-4-8-18(20)12-14-25(23)29-2/h3-10,12,14,16,21-22,27H,11,13,15H2,1-2H3. The van der Waals surface area contributed by atoms with Gasteiger partial charge < -0.3 is 14.6 Å². The van der Waals surface area contributed by atoms with Gasteiger partial charge >= 0.3 is 0 Å². The Labute approximate surface area is 176 Å². The molecular weight excluding hydrogens is 372 g/mol. The van der Waals surface area contributed by atoms with Gasteiger partial charge in [-0.15, -0.1) is 0 Å². The number of hydrogen-bond donors (Lipinski definition) is 1. The number of nitrogens with one attached hydrogen (secondary N) is 1. The van der Waals surface area contributed by atoms with Crippen LogP contribution in [0.15, 0.2) is 71.4 Å². The number of aromatic nitrogens is 1. The van der Waals surface area contributed by atoms with Gasteiger partial charge in [-0.2, -0.15) is 0 Å². The highest BCUT2D eigenvalue weighted by Crippen LogP contribution is 2.47. The summed E-state index contributed by atoms with van der Waals surface area (Å²) in [5.74, 6) is 1.53. The molecule has 0 spiro atoms. The molecule has 0 fully saturated rings. The Bertz CT molecular complexity index is 1180. The summed E-state index contributed by atoms with van der Waals surface area (Å²) in [5.41, 5.74) is 6.11. The molecule has 0 bridgehead atoms. The average molecular weight is 399 g/mol. The molecule has 152 valence electrons. The van der Waals surface area contributed by atoms with Crippen molar-refractivity contribution in [2.45, 2.75) is 31.1 Å². The molecule has 1 N–H and O–H groups in total. The van der Waals surface area contributed by atoms with Gasteiger partial charge in [-0.1, -0.05) is 59.8 Å². The second-order valence-electron chi connectivity index (χ2n) is 7.99. The van der Waals surface area contributed by atoms with Gasteiger partial charge in [0, 0.05) is 18.5 Å². The number of ether oxygens (including phenoxy) is 1. The highest BCUT2D eigenvalue weighted by molar-refractivity contribution is 5.88. The average Bonchev–Trinajstić information content (AvgIpc) is 3.28. The van der Waals surface area contributed by atoms with Crippen LogP contribution in [0.25, 0.3) is 10.8 Å². The van der Waals surface area contributed by atoms with Crippen LogP contribution >= 0.6 is 0 Å². The molecule has 2 unspecified atom stereocenters. The van der Waals surface area contributed by atoms with Crippen molar-refractivity contribution in [3.05, 3.63) is 89.3 Å². The molecule has 1 aromatic heterocycles. The van der Waals surface area contributed by atoms with E-state index in [2.05, 4.69) is 71.1 Å². The topological polar surface area (TPSA) is 47.3 Å². The van der Waals surface area contributed by atoms with Crippen LogP contribution in [0.3, 0.4) is 0 Å². The van der Waals surface area contributed by atoms with E-state index in [0.29, 0.717) is 5.92 Å². The predicted octanol–water partition coefficient (Wildman–Crippen LogP) is 5.93. The van der Waals surface area contributed by atoms with E-state index >= 15 is 0 Å². The molecule has 0 amide bonds. The summed E-state index contributed by atoms with van der Waals surface area (Å²) in [6.45, 7) is 0. The Morgan fingerprint density at radius 3 is 2.77 bits per heavy atom. The molecule has 4 heteroatoms. The molecule has 0 saturated heterocycles. The van der Waals surface area contributed by atoms with Crippen LogP contribution in [-0.4, -0.2) is 19.3 Å². The Morgan fingerprint density at radius 2 is 1.90 bits per heavy atom. The fourth-order valence-electron chi connectivity index (χ4n) is 5.07. The highest BCUT2D eigenvalue weighted by atomic mass is 16.5. The number of aryl methyl sites for hydroxylation is 1. The minimum absolute atomic E-state index is 0.282. The molecule has 30 heavy (non-hydrogen) atoms. The Morgan fingerprint density at radius 1 is 1.07 bits per heavy atom. The third-order valence-corrected chi connectivity index (χ3v) is 6.52. The molecule has 5 rings (SSSR count). The Balaban J connectivity index is 1.66. The lowest BCUT2D eigenvalue weighted by atomic mass is 9.70. The van der Waals surface area contributed by atoms with Gasteiger partial charge in [0.2, 0.25) is 0 Å². The van der Waals surface area contributed by atoms with E-state index in [1.807, 2.05) is 7.05 Å². The summed E-state index contributed by atoms with van der Waals surface area (Å²) in [6, 6.07) is 21.6. The third-order valence-electron chi connectivity index (χ3n) is 6.52. The van der Waals surface area contributed by atoms with Crippen molar-refractivity contribution in [1.82, 2.24) is 5.16 Å². The minimum atomic E-state index is 0.282. The number of methoxy groups -OCH3 is 1. The Hall–Kier alpha value is -3.27. The van der Waals surface area contributed by atoms with E-state index in [0.717, 1.165) is 36.4 Å². The molecule has 0 radical (unpaired) electrons. The molecule has 4 aromatic rings. The smallest absolute Gasteiger partial charge is 0.147 e. The van der Waals surface area contributed by atoms with Crippen LogP contribution in [0.1, 0.15) is 40.6 Å². The van der Waals surface area contributed by atoms with E-state index in [-0.39, 0.29) is 5.92 Å². The highest BCUT2D eigenvalue weighted by Gasteiger charge is 2.34. The van der Waals surface area contributed by atoms with E-state index in [1.165, 1.54) is 27.5 Å². The van der Waals surface area contributed by atoms with Crippen molar-refractivity contribution in [3.63, 3.8) is 0 Å². The number of nitrogens with zero attached hydrogens (tertiary/aromatic N) is 1. The second-order valence-corrected chi connectivity index (χ2v) is 7.99. The first kappa shape index (κ1) is 18.7. The Kier molecular flexibility index (Phi) is 4.91. The maximum absolute atomic E-state index is 5.81. The van der Waals surface area contributed by atoms with Gasteiger partial charge in [0.15, 0.2) is 0 Å². The molecular formula is C26H26N2O2. The SMILES string of the molecule is CNc1conc1C1CCc2ccccc2C1Cc1c(OC)ccc2ccccc12. The summed E-state index contributed by atoms with van der Waals surface area (Å²) < 4.78 is 11.2. The maximum atomic E-state index is 5.81. The van der Waals surface area contributed by atoms with Gasteiger partial charge in [0.1, 0.15) is 17.7 Å². The van der Waals surface area contributed by atoms with Crippen molar-refractivity contribution in [1.29, 1.82) is 0 Å². The van der Waals surface area contributed by atoms with Crippen molar-refractivity contribution in [3.8, 4) is 5.75 Å². The molecule has 4 nitrogen and oxygen atoms in total. The molecule has 1 aliphatic carbocycles. The van der Waals surface area contributed by atoms with Crippen LogP contribution in [0, 0.1) is 0 Å². The first-order chi connectivity index (χ1) is 14.8. The van der Waals surface area contributed by atoms with Gasteiger partial charge in [-0.05, 0) is 53.1 Å². The lowest BCUT2D eigenvalue weighted by molar-refractivity contribution is 0.379. The minimum Gasteiger partial charge on any atom is -0.496 e. The van der Waals surface area contributed by atoms with Crippen molar-refractivity contribution in [2.24, 2.45) is 0 Å². The first-order valence-corrected chi connectivity index (χ1v) is 10.5. The lowest BCUT2D eigenvalue weighted by Crippen LogP contribution is -2.22. The second kappa shape index (κ2) is 7.86. The summed E-state index contributed by atoms with van der Waals surface area (Å²) in [7, 11) is 3.69. The van der Waals surface area contributed by atoms with E-state index in [9.17, 15) is 0 Å². The van der Waals surface area contributed by atoms with E-state index < -0.39 is 0 Å². The number of anilines is 1. The normalized spacial score (nSPS) is 18.2. The van der Waals surface area contributed by atoms with Gasteiger partial charge in [0.05, 0.1) is 12.8 Å². The summed E-state index contributed by atoms with van der Waals surface area (Å²) in [5, 5.41) is 10.2. The fourth-order valence-corrected chi connectivity index (χ4v) is 5.07. The van der Waals surface area contributed by atoms with Crippen molar-refractivity contribution >= 4 is 16.5 Å². The molecule has 2 atom stereocenters.